The van der Waals surface area contributed by atoms with Crippen molar-refractivity contribution in [3.05, 3.63) is 46.1 Å². The Bertz CT molecular complexity index is 739. The van der Waals surface area contributed by atoms with Crippen LogP contribution in [0.3, 0.4) is 0 Å². The van der Waals surface area contributed by atoms with Crippen LogP contribution in [0, 0.1) is 17.0 Å². The molecule has 0 saturated carbocycles. The molecule has 120 valence electrons. The number of rotatable bonds is 4. The average molecular weight is 314 g/mol. The molecule has 23 heavy (non-hydrogen) atoms. The SMILES string of the molecule is CCC1(O)CN(c2cc(C)nc(-c3ccc([N+](=O)[O-])cc3)n2)C1. The number of non-ortho nitro benzene ring substituents is 1. The van der Waals surface area contributed by atoms with Crippen LogP contribution in [-0.2, 0) is 0 Å². The molecule has 1 aromatic carbocycles. The summed E-state index contributed by atoms with van der Waals surface area (Å²) < 4.78 is 0. The predicted molar refractivity (Wildman–Crippen MR) is 86.3 cm³/mol. The summed E-state index contributed by atoms with van der Waals surface area (Å²) in [6.45, 7) is 4.95. The van der Waals surface area contributed by atoms with Gasteiger partial charge in [-0.3, -0.25) is 10.1 Å². The predicted octanol–water partition coefficient (Wildman–Crippen LogP) is 2.32. The zero-order chi connectivity index (χ0) is 16.6. The van der Waals surface area contributed by atoms with Gasteiger partial charge in [-0.1, -0.05) is 6.92 Å². The molecule has 2 heterocycles. The third kappa shape index (κ3) is 3.00. The van der Waals surface area contributed by atoms with Gasteiger partial charge in [0.2, 0.25) is 0 Å². The van der Waals surface area contributed by atoms with Crippen molar-refractivity contribution >= 4 is 11.5 Å². The molecular weight excluding hydrogens is 296 g/mol. The number of hydrogen-bond acceptors (Lipinski definition) is 6. The summed E-state index contributed by atoms with van der Waals surface area (Å²) in [5.74, 6) is 1.30. The molecule has 1 aliphatic rings. The molecule has 0 radical (unpaired) electrons. The fourth-order valence-electron chi connectivity index (χ4n) is 2.63. The van der Waals surface area contributed by atoms with Gasteiger partial charge in [0.1, 0.15) is 5.82 Å². The maximum atomic E-state index is 10.7. The molecule has 0 aliphatic carbocycles. The third-order valence-corrected chi connectivity index (χ3v) is 4.13. The van der Waals surface area contributed by atoms with E-state index in [-0.39, 0.29) is 5.69 Å². The lowest BCUT2D eigenvalue weighted by Gasteiger charge is -2.46. The van der Waals surface area contributed by atoms with E-state index < -0.39 is 10.5 Å². The van der Waals surface area contributed by atoms with Crippen LogP contribution in [0.4, 0.5) is 11.5 Å². The van der Waals surface area contributed by atoms with Gasteiger partial charge in [0, 0.05) is 42.5 Å². The van der Waals surface area contributed by atoms with Crippen molar-refractivity contribution in [1.82, 2.24) is 9.97 Å². The number of benzene rings is 1. The summed E-state index contributed by atoms with van der Waals surface area (Å²) in [4.78, 5) is 21.2. The fourth-order valence-corrected chi connectivity index (χ4v) is 2.63. The molecule has 2 aromatic rings. The molecule has 1 aliphatic heterocycles. The third-order valence-electron chi connectivity index (χ3n) is 4.13. The summed E-state index contributed by atoms with van der Waals surface area (Å²) in [5, 5.41) is 20.9. The van der Waals surface area contributed by atoms with E-state index in [4.69, 9.17) is 0 Å². The van der Waals surface area contributed by atoms with Crippen molar-refractivity contribution in [2.24, 2.45) is 0 Å². The first-order valence-electron chi connectivity index (χ1n) is 7.48. The highest BCUT2D eigenvalue weighted by Crippen LogP contribution is 2.30. The smallest absolute Gasteiger partial charge is 0.269 e. The summed E-state index contributed by atoms with van der Waals surface area (Å²) in [5.41, 5.74) is 0.950. The first-order chi connectivity index (χ1) is 10.9. The van der Waals surface area contributed by atoms with E-state index in [9.17, 15) is 15.2 Å². The molecule has 1 saturated heterocycles. The van der Waals surface area contributed by atoms with Gasteiger partial charge in [0.15, 0.2) is 5.82 Å². The molecule has 7 heteroatoms. The Balaban J connectivity index is 1.88. The summed E-state index contributed by atoms with van der Waals surface area (Å²) in [6, 6.07) is 8.06. The van der Waals surface area contributed by atoms with E-state index in [1.807, 2.05) is 24.8 Å². The topological polar surface area (TPSA) is 92.4 Å². The Morgan fingerprint density at radius 2 is 1.96 bits per heavy atom. The minimum Gasteiger partial charge on any atom is -0.386 e. The number of nitrogens with zero attached hydrogens (tertiary/aromatic N) is 4. The van der Waals surface area contributed by atoms with E-state index in [0.29, 0.717) is 25.3 Å². The van der Waals surface area contributed by atoms with Crippen LogP contribution in [0.1, 0.15) is 19.0 Å². The molecule has 3 rings (SSSR count). The highest BCUT2D eigenvalue weighted by Gasteiger charge is 2.40. The number of aryl methyl sites for hydroxylation is 1. The standard InChI is InChI=1S/C16H18N4O3/c1-3-16(21)9-19(10-16)14-8-11(2)17-15(18-14)12-4-6-13(7-5-12)20(22)23/h4-8,21H,3,9-10H2,1-2H3. The fraction of sp³-hybridized carbons (Fsp3) is 0.375. The van der Waals surface area contributed by atoms with Gasteiger partial charge in [-0.05, 0) is 25.5 Å². The Hall–Kier alpha value is -2.54. The number of nitro benzene ring substituents is 1. The maximum Gasteiger partial charge on any atom is 0.269 e. The van der Waals surface area contributed by atoms with Gasteiger partial charge in [0.25, 0.3) is 5.69 Å². The summed E-state index contributed by atoms with van der Waals surface area (Å²) >= 11 is 0. The molecule has 0 spiro atoms. The summed E-state index contributed by atoms with van der Waals surface area (Å²) in [7, 11) is 0. The number of anilines is 1. The molecule has 0 unspecified atom stereocenters. The molecule has 1 aromatic heterocycles. The quantitative estimate of drug-likeness (QED) is 0.687. The van der Waals surface area contributed by atoms with Crippen LogP contribution in [0.5, 0.6) is 0 Å². The number of aromatic nitrogens is 2. The van der Waals surface area contributed by atoms with Crippen molar-refractivity contribution in [1.29, 1.82) is 0 Å². The summed E-state index contributed by atoms with van der Waals surface area (Å²) in [6.07, 6.45) is 0.711. The maximum absolute atomic E-state index is 10.7. The van der Waals surface area contributed by atoms with E-state index >= 15 is 0 Å². The molecule has 1 fully saturated rings. The number of hydrogen-bond donors (Lipinski definition) is 1. The second kappa shape index (κ2) is 5.58. The van der Waals surface area contributed by atoms with Gasteiger partial charge in [-0.2, -0.15) is 0 Å². The Morgan fingerprint density at radius 3 is 2.52 bits per heavy atom. The van der Waals surface area contributed by atoms with Gasteiger partial charge < -0.3 is 10.0 Å². The van der Waals surface area contributed by atoms with E-state index in [1.54, 1.807) is 12.1 Å². The average Bonchev–Trinajstić information content (AvgIpc) is 2.51. The van der Waals surface area contributed by atoms with Crippen LogP contribution in [0.15, 0.2) is 30.3 Å². The highest BCUT2D eigenvalue weighted by molar-refractivity contribution is 5.60. The first kappa shape index (κ1) is 15.4. The molecule has 1 N–H and O–H groups in total. The zero-order valence-corrected chi connectivity index (χ0v) is 13.1. The van der Waals surface area contributed by atoms with Crippen molar-refractivity contribution < 1.29 is 10.0 Å². The van der Waals surface area contributed by atoms with Crippen LogP contribution in [0.2, 0.25) is 0 Å². The lowest BCUT2D eigenvalue weighted by atomic mass is 9.91. The van der Waals surface area contributed by atoms with Crippen molar-refractivity contribution in [2.45, 2.75) is 25.9 Å². The number of nitro groups is 1. The van der Waals surface area contributed by atoms with Gasteiger partial charge in [-0.25, -0.2) is 9.97 Å². The van der Waals surface area contributed by atoms with Crippen LogP contribution in [0.25, 0.3) is 11.4 Å². The van der Waals surface area contributed by atoms with Gasteiger partial charge in [0.05, 0.1) is 10.5 Å². The van der Waals surface area contributed by atoms with Crippen LogP contribution < -0.4 is 4.90 Å². The minimum absolute atomic E-state index is 0.0392. The molecule has 0 bridgehead atoms. The molecular formula is C16H18N4O3. The minimum atomic E-state index is -0.633. The zero-order valence-electron chi connectivity index (χ0n) is 13.1. The largest absolute Gasteiger partial charge is 0.386 e. The molecule has 0 atom stereocenters. The lowest BCUT2D eigenvalue weighted by Crippen LogP contribution is -2.61. The highest BCUT2D eigenvalue weighted by atomic mass is 16.6. The molecule has 0 amide bonds. The van der Waals surface area contributed by atoms with Crippen molar-refractivity contribution in [3.63, 3.8) is 0 Å². The normalized spacial score (nSPS) is 16.0. The van der Waals surface area contributed by atoms with Crippen LogP contribution in [-0.4, -0.2) is 38.7 Å². The second-order valence-electron chi connectivity index (χ2n) is 5.93. The lowest BCUT2D eigenvalue weighted by molar-refractivity contribution is -0.384. The number of β-amino-alcohol motifs (C(OH)–C–C–N with tert-alkyl or cyclic N) is 1. The second-order valence-corrected chi connectivity index (χ2v) is 5.93. The first-order valence-corrected chi connectivity index (χ1v) is 7.48. The van der Waals surface area contributed by atoms with Crippen LogP contribution >= 0.6 is 0 Å². The Kier molecular flexibility index (Phi) is 3.73. The van der Waals surface area contributed by atoms with Crippen molar-refractivity contribution in [2.75, 3.05) is 18.0 Å². The monoisotopic (exact) mass is 314 g/mol. The molecule has 7 nitrogen and oxygen atoms in total. The Labute approximate surface area is 133 Å². The van der Waals surface area contributed by atoms with E-state index in [1.165, 1.54) is 12.1 Å². The van der Waals surface area contributed by atoms with Crippen molar-refractivity contribution in [3.8, 4) is 11.4 Å². The number of aliphatic hydroxyl groups is 1. The van der Waals surface area contributed by atoms with Gasteiger partial charge in [-0.15, -0.1) is 0 Å². The Morgan fingerprint density at radius 1 is 1.30 bits per heavy atom. The van der Waals surface area contributed by atoms with Gasteiger partial charge >= 0.3 is 0 Å². The van der Waals surface area contributed by atoms with E-state index in [0.717, 1.165) is 17.1 Å². The van der Waals surface area contributed by atoms with E-state index in [2.05, 4.69) is 9.97 Å².